The van der Waals surface area contributed by atoms with E-state index in [4.69, 9.17) is 15.2 Å². The number of carbonyl (C=O) groups excluding carboxylic acids is 1. The topological polar surface area (TPSA) is 158 Å². The number of anilines is 1. The third-order valence-electron chi connectivity index (χ3n) is 5.10. The Labute approximate surface area is 177 Å². The monoisotopic (exact) mass is 428 g/mol. The van der Waals surface area contributed by atoms with Gasteiger partial charge in [-0.05, 0) is 18.6 Å². The Hall–Kier alpha value is -3.28. The van der Waals surface area contributed by atoms with Gasteiger partial charge in [-0.15, -0.1) is 0 Å². The van der Waals surface area contributed by atoms with Gasteiger partial charge in [0.15, 0.2) is 17.7 Å². The Bertz CT molecular complexity index is 1030. The number of nitrogens with two attached hydrogens (primary N) is 1. The lowest BCUT2D eigenvalue weighted by Gasteiger charge is -2.21. The van der Waals surface area contributed by atoms with E-state index in [1.165, 1.54) is 17.2 Å². The molecular formula is C20H24N6O5. The van der Waals surface area contributed by atoms with Crippen LogP contribution < -0.4 is 15.8 Å². The molecule has 3 aromatic rings. The number of ether oxygens (including phenoxy) is 2. The molecule has 4 atom stereocenters. The highest BCUT2D eigenvalue weighted by atomic mass is 16.5. The van der Waals surface area contributed by atoms with E-state index in [1.54, 1.807) is 0 Å². The average molecular weight is 428 g/mol. The Kier molecular flexibility index (Phi) is 6.26. The Morgan fingerprint density at radius 1 is 1.26 bits per heavy atom. The number of fused-ring (bicyclic) bond motifs is 1. The van der Waals surface area contributed by atoms with Crippen LogP contribution in [0.5, 0.6) is 5.75 Å². The number of amides is 1. The highest BCUT2D eigenvalue weighted by Gasteiger charge is 2.45. The quantitative estimate of drug-likeness (QED) is 0.363. The molecule has 1 aliphatic rings. The van der Waals surface area contributed by atoms with Crippen LogP contribution in [0.25, 0.3) is 11.2 Å². The zero-order chi connectivity index (χ0) is 21.8. The molecule has 4 rings (SSSR count). The fourth-order valence-corrected chi connectivity index (χ4v) is 3.56. The fourth-order valence-electron chi connectivity index (χ4n) is 3.56. The number of hydrogen-bond donors (Lipinski definition) is 4. The molecule has 11 heteroatoms. The molecule has 2 aromatic heterocycles. The highest BCUT2D eigenvalue weighted by Crippen LogP contribution is 2.32. The van der Waals surface area contributed by atoms with E-state index < -0.39 is 24.5 Å². The van der Waals surface area contributed by atoms with Crippen molar-refractivity contribution in [3.63, 3.8) is 0 Å². The summed E-state index contributed by atoms with van der Waals surface area (Å²) < 4.78 is 12.9. The van der Waals surface area contributed by atoms with Crippen LogP contribution in [0.15, 0.2) is 43.0 Å². The number of para-hydroxylation sites is 1. The maximum atomic E-state index is 12.4. The number of aliphatic hydroxyl groups is 2. The SMILES string of the molecule is Nc1ncnc2c1ncn2[C@@H]1O[C@H](CO)[C@@H](NC(=O)CCCOc2ccccc2)[C@H]1O. The summed E-state index contributed by atoms with van der Waals surface area (Å²) in [5.74, 6) is 0.672. The lowest BCUT2D eigenvalue weighted by atomic mass is 10.1. The van der Waals surface area contributed by atoms with Crippen molar-refractivity contribution in [2.24, 2.45) is 0 Å². The maximum absolute atomic E-state index is 12.4. The number of nitrogens with one attached hydrogen (secondary N) is 1. The number of aromatic nitrogens is 4. The molecule has 1 aliphatic heterocycles. The smallest absolute Gasteiger partial charge is 0.220 e. The average Bonchev–Trinajstić information content (AvgIpc) is 3.34. The van der Waals surface area contributed by atoms with Crippen molar-refractivity contribution < 1.29 is 24.5 Å². The molecule has 0 spiro atoms. The molecule has 0 radical (unpaired) electrons. The molecule has 3 heterocycles. The molecule has 11 nitrogen and oxygen atoms in total. The van der Waals surface area contributed by atoms with E-state index in [0.717, 1.165) is 5.75 Å². The van der Waals surface area contributed by atoms with Crippen LogP contribution in [0.1, 0.15) is 19.1 Å². The lowest BCUT2D eigenvalue weighted by Crippen LogP contribution is -2.48. The third-order valence-corrected chi connectivity index (χ3v) is 5.10. The maximum Gasteiger partial charge on any atom is 0.220 e. The molecule has 164 valence electrons. The van der Waals surface area contributed by atoms with Gasteiger partial charge in [0, 0.05) is 6.42 Å². The summed E-state index contributed by atoms with van der Waals surface area (Å²) in [7, 11) is 0. The van der Waals surface area contributed by atoms with Crippen molar-refractivity contribution in [2.75, 3.05) is 18.9 Å². The molecule has 0 unspecified atom stereocenters. The Morgan fingerprint density at radius 2 is 2.06 bits per heavy atom. The van der Waals surface area contributed by atoms with E-state index in [0.29, 0.717) is 24.2 Å². The zero-order valence-electron chi connectivity index (χ0n) is 16.7. The first kappa shape index (κ1) is 21.0. The zero-order valence-corrected chi connectivity index (χ0v) is 16.7. The van der Waals surface area contributed by atoms with Crippen molar-refractivity contribution in [1.82, 2.24) is 24.8 Å². The summed E-state index contributed by atoms with van der Waals surface area (Å²) in [6.45, 7) is 0.00867. The van der Waals surface area contributed by atoms with Crippen molar-refractivity contribution in [3.8, 4) is 5.75 Å². The number of benzene rings is 1. The van der Waals surface area contributed by atoms with E-state index in [1.807, 2.05) is 30.3 Å². The Balaban J connectivity index is 1.36. The van der Waals surface area contributed by atoms with E-state index in [-0.39, 0.29) is 24.8 Å². The van der Waals surface area contributed by atoms with Gasteiger partial charge < -0.3 is 30.7 Å². The van der Waals surface area contributed by atoms with Gasteiger partial charge in [-0.2, -0.15) is 0 Å². The predicted molar refractivity (Wildman–Crippen MR) is 110 cm³/mol. The van der Waals surface area contributed by atoms with E-state index >= 15 is 0 Å². The summed E-state index contributed by atoms with van der Waals surface area (Å²) >= 11 is 0. The minimum atomic E-state index is -1.13. The predicted octanol–water partition coefficient (Wildman–Crippen LogP) is 0.00310. The molecule has 1 aromatic carbocycles. The molecule has 1 amide bonds. The second-order valence-corrected chi connectivity index (χ2v) is 7.18. The molecule has 31 heavy (non-hydrogen) atoms. The molecule has 0 bridgehead atoms. The van der Waals surface area contributed by atoms with Crippen LogP contribution in [0.2, 0.25) is 0 Å². The van der Waals surface area contributed by atoms with Gasteiger partial charge in [0.25, 0.3) is 0 Å². The third kappa shape index (κ3) is 4.43. The first-order valence-electron chi connectivity index (χ1n) is 9.93. The molecule has 1 fully saturated rings. The molecular weight excluding hydrogens is 404 g/mol. The largest absolute Gasteiger partial charge is 0.494 e. The number of rotatable bonds is 8. The normalized spacial score (nSPS) is 23.2. The first-order valence-corrected chi connectivity index (χ1v) is 9.93. The molecule has 0 saturated carbocycles. The summed E-state index contributed by atoms with van der Waals surface area (Å²) in [6, 6.07) is 8.54. The number of nitrogen functional groups attached to an aromatic ring is 1. The fraction of sp³-hybridized carbons (Fsp3) is 0.400. The molecule has 0 aliphatic carbocycles. The van der Waals surface area contributed by atoms with Crippen LogP contribution in [0.4, 0.5) is 5.82 Å². The van der Waals surface area contributed by atoms with Crippen molar-refractivity contribution in [3.05, 3.63) is 43.0 Å². The summed E-state index contributed by atoms with van der Waals surface area (Å²) in [4.78, 5) is 24.6. The summed E-state index contributed by atoms with van der Waals surface area (Å²) in [5.41, 5.74) is 6.57. The van der Waals surface area contributed by atoms with Crippen LogP contribution in [0, 0.1) is 0 Å². The number of aliphatic hydroxyl groups excluding tert-OH is 2. The molecule has 1 saturated heterocycles. The van der Waals surface area contributed by atoms with Gasteiger partial charge >= 0.3 is 0 Å². The standard InChI is InChI=1S/C20H24N6O5/c21-18-16-19(23-10-22-18)26(11-24-16)20-17(29)15(13(9-27)31-20)25-14(28)7-4-8-30-12-5-2-1-3-6-12/h1-3,5-6,10-11,13,15,17,20,27,29H,4,7-9H2,(H,25,28)(H2,21,22,23)/t13-,15-,17-,20-/m1/s1. The van der Waals surface area contributed by atoms with E-state index in [9.17, 15) is 15.0 Å². The summed E-state index contributed by atoms with van der Waals surface area (Å²) in [5, 5.41) is 23.3. The van der Waals surface area contributed by atoms with Crippen molar-refractivity contribution >= 4 is 22.9 Å². The number of nitrogens with zero attached hydrogens (tertiary/aromatic N) is 4. The minimum Gasteiger partial charge on any atom is -0.494 e. The highest BCUT2D eigenvalue weighted by molar-refractivity contribution is 5.81. The van der Waals surface area contributed by atoms with Gasteiger partial charge in [0.1, 0.15) is 29.8 Å². The van der Waals surface area contributed by atoms with Gasteiger partial charge in [-0.3, -0.25) is 9.36 Å². The van der Waals surface area contributed by atoms with Gasteiger partial charge in [0.2, 0.25) is 5.91 Å². The first-order chi connectivity index (χ1) is 15.1. The van der Waals surface area contributed by atoms with Crippen molar-refractivity contribution in [2.45, 2.75) is 37.3 Å². The van der Waals surface area contributed by atoms with Crippen LogP contribution >= 0.6 is 0 Å². The van der Waals surface area contributed by atoms with Crippen LogP contribution in [0.3, 0.4) is 0 Å². The minimum absolute atomic E-state index is 0.205. The van der Waals surface area contributed by atoms with Gasteiger partial charge in [-0.1, -0.05) is 18.2 Å². The van der Waals surface area contributed by atoms with Gasteiger partial charge in [0.05, 0.1) is 25.6 Å². The van der Waals surface area contributed by atoms with Gasteiger partial charge in [-0.25, -0.2) is 15.0 Å². The second-order valence-electron chi connectivity index (χ2n) is 7.18. The number of imidazole rings is 1. The van der Waals surface area contributed by atoms with Crippen LogP contribution in [-0.2, 0) is 9.53 Å². The lowest BCUT2D eigenvalue weighted by molar-refractivity contribution is -0.123. The Morgan fingerprint density at radius 3 is 2.84 bits per heavy atom. The summed E-state index contributed by atoms with van der Waals surface area (Å²) in [6.07, 6.45) is 0.608. The number of carbonyl (C=O) groups is 1. The molecule has 5 N–H and O–H groups in total. The van der Waals surface area contributed by atoms with E-state index in [2.05, 4.69) is 20.3 Å². The number of hydrogen-bond acceptors (Lipinski definition) is 9. The van der Waals surface area contributed by atoms with Crippen molar-refractivity contribution in [1.29, 1.82) is 0 Å². The second kappa shape index (κ2) is 9.25. The van der Waals surface area contributed by atoms with Crippen LogP contribution in [-0.4, -0.2) is 67.1 Å².